The molecule has 0 aliphatic rings. The number of methoxy groups -OCH3 is 1. The van der Waals surface area contributed by atoms with Gasteiger partial charge in [-0.25, -0.2) is 21.6 Å². The predicted octanol–water partition coefficient (Wildman–Crippen LogP) is 2.24. The van der Waals surface area contributed by atoms with Crippen molar-refractivity contribution in [2.75, 3.05) is 11.8 Å². The molecule has 0 saturated heterocycles. The largest absolute Gasteiger partial charge is 0.495 e. The molecule has 1 aromatic carbocycles. The number of ether oxygens (including phenoxy) is 1. The van der Waals surface area contributed by atoms with Crippen LogP contribution in [0.25, 0.3) is 0 Å². The van der Waals surface area contributed by atoms with Crippen LogP contribution in [0.5, 0.6) is 5.75 Å². The summed E-state index contributed by atoms with van der Waals surface area (Å²) in [7, 11) is -6.19. The van der Waals surface area contributed by atoms with Crippen LogP contribution in [-0.2, 0) is 20.0 Å². The Balaban J connectivity index is 2.44. The number of hydrogen-bond donors (Lipinski definition) is 2. The molecule has 0 aliphatic heterocycles. The average Bonchev–Trinajstić information content (AvgIpc) is 3.00. The summed E-state index contributed by atoms with van der Waals surface area (Å²) >= 11 is 1.06. The van der Waals surface area contributed by atoms with Crippen LogP contribution in [-0.4, -0.2) is 30.0 Å². The number of hydrogen-bond acceptors (Lipinski definition) is 6. The van der Waals surface area contributed by atoms with Gasteiger partial charge >= 0.3 is 0 Å². The van der Waals surface area contributed by atoms with Gasteiger partial charge in [0, 0.05) is 6.04 Å². The highest BCUT2D eigenvalue weighted by molar-refractivity contribution is 7.94. The van der Waals surface area contributed by atoms with E-state index in [-0.39, 0.29) is 26.6 Å². The van der Waals surface area contributed by atoms with E-state index in [0.717, 1.165) is 11.3 Å². The van der Waals surface area contributed by atoms with Crippen LogP contribution in [0.4, 0.5) is 5.69 Å². The number of sulfonamides is 2. The maximum absolute atomic E-state index is 12.3. The van der Waals surface area contributed by atoms with Gasteiger partial charge in [-0.05, 0) is 43.5 Å². The molecule has 0 atom stereocenters. The minimum Gasteiger partial charge on any atom is -0.495 e. The van der Waals surface area contributed by atoms with Crippen LogP contribution in [0, 0.1) is 0 Å². The zero-order valence-electron chi connectivity index (χ0n) is 13.3. The van der Waals surface area contributed by atoms with Crippen LogP contribution in [0.1, 0.15) is 13.8 Å². The molecule has 2 aromatic rings. The highest BCUT2D eigenvalue weighted by Crippen LogP contribution is 2.30. The molecule has 0 fully saturated rings. The number of benzene rings is 1. The molecule has 2 N–H and O–H groups in total. The Kier molecular flexibility index (Phi) is 5.53. The van der Waals surface area contributed by atoms with Crippen LogP contribution in [0.3, 0.4) is 0 Å². The first-order valence-corrected chi connectivity index (χ1v) is 10.8. The van der Waals surface area contributed by atoms with Gasteiger partial charge in [-0.15, -0.1) is 11.3 Å². The Hall–Kier alpha value is -1.62. The van der Waals surface area contributed by atoms with E-state index in [1.807, 2.05) is 0 Å². The first kappa shape index (κ1) is 18.7. The van der Waals surface area contributed by atoms with Crippen molar-refractivity contribution in [1.82, 2.24) is 4.72 Å². The number of nitrogens with one attached hydrogen (secondary N) is 2. The minimum absolute atomic E-state index is 0.0533. The van der Waals surface area contributed by atoms with Gasteiger partial charge in [-0.2, -0.15) is 0 Å². The summed E-state index contributed by atoms with van der Waals surface area (Å²) in [6.45, 7) is 3.39. The predicted molar refractivity (Wildman–Crippen MR) is 93.6 cm³/mol. The summed E-state index contributed by atoms with van der Waals surface area (Å²) in [5, 5.41) is 1.64. The van der Waals surface area contributed by atoms with Gasteiger partial charge < -0.3 is 4.74 Å². The molecule has 7 nitrogen and oxygen atoms in total. The summed E-state index contributed by atoms with van der Waals surface area (Å²) in [5.74, 6) is 0.221. The second-order valence-electron chi connectivity index (χ2n) is 5.18. The smallest absolute Gasteiger partial charge is 0.271 e. The molecule has 1 heterocycles. The van der Waals surface area contributed by atoms with E-state index >= 15 is 0 Å². The van der Waals surface area contributed by atoms with Crippen molar-refractivity contribution >= 4 is 37.1 Å². The van der Waals surface area contributed by atoms with Gasteiger partial charge in [0.1, 0.15) is 9.96 Å². The molecular formula is C14H18N2O5S3. The topological polar surface area (TPSA) is 102 Å². The maximum atomic E-state index is 12.3. The van der Waals surface area contributed by atoms with E-state index in [0.29, 0.717) is 0 Å². The Labute approximate surface area is 145 Å². The fourth-order valence-corrected chi connectivity index (χ4v) is 5.25. The molecule has 0 radical (unpaired) electrons. The zero-order chi connectivity index (χ0) is 18.0. The van der Waals surface area contributed by atoms with Crippen molar-refractivity contribution in [1.29, 1.82) is 0 Å². The lowest BCUT2D eigenvalue weighted by Crippen LogP contribution is -2.30. The molecular weight excluding hydrogens is 372 g/mol. The highest BCUT2D eigenvalue weighted by Gasteiger charge is 2.21. The molecule has 0 aliphatic carbocycles. The third-order valence-electron chi connectivity index (χ3n) is 2.88. The molecule has 24 heavy (non-hydrogen) atoms. The summed E-state index contributed by atoms with van der Waals surface area (Å²) < 4.78 is 59.3. The summed E-state index contributed by atoms with van der Waals surface area (Å²) in [6, 6.07) is 6.77. The fraction of sp³-hybridized carbons (Fsp3) is 0.286. The Morgan fingerprint density at radius 2 is 1.79 bits per heavy atom. The fourth-order valence-electron chi connectivity index (χ4n) is 1.92. The van der Waals surface area contributed by atoms with Gasteiger partial charge in [-0.3, -0.25) is 4.72 Å². The van der Waals surface area contributed by atoms with Gasteiger partial charge in [0.25, 0.3) is 10.0 Å². The van der Waals surface area contributed by atoms with Crippen LogP contribution in [0.2, 0.25) is 0 Å². The lowest BCUT2D eigenvalue weighted by molar-refractivity contribution is 0.416. The van der Waals surface area contributed by atoms with E-state index in [9.17, 15) is 16.8 Å². The quantitative estimate of drug-likeness (QED) is 0.755. The van der Waals surface area contributed by atoms with Crippen molar-refractivity contribution in [3.05, 3.63) is 35.7 Å². The third-order valence-corrected chi connectivity index (χ3v) is 7.30. The van der Waals surface area contributed by atoms with Gasteiger partial charge in [0.15, 0.2) is 0 Å². The molecule has 0 unspecified atom stereocenters. The molecule has 0 amide bonds. The normalized spacial score (nSPS) is 12.3. The lowest BCUT2D eigenvalue weighted by atomic mass is 10.3. The maximum Gasteiger partial charge on any atom is 0.271 e. The molecule has 1 aromatic heterocycles. The zero-order valence-corrected chi connectivity index (χ0v) is 15.8. The van der Waals surface area contributed by atoms with Crippen molar-refractivity contribution in [2.24, 2.45) is 0 Å². The first-order chi connectivity index (χ1) is 11.2. The van der Waals surface area contributed by atoms with Crippen LogP contribution in [0.15, 0.2) is 44.8 Å². The summed E-state index contributed by atoms with van der Waals surface area (Å²) in [5.41, 5.74) is 0.0533. The molecule has 10 heteroatoms. The minimum atomic E-state index is -3.81. The Morgan fingerprint density at radius 3 is 2.33 bits per heavy atom. The monoisotopic (exact) mass is 390 g/mol. The second-order valence-corrected chi connectivity index (χ2v) is 9.75. The molecule has 0 spiro atoms. The number of anilines is 1. The third kappa shape index (κ3) is 4.26. The molecule has 132 valence electrons. The molecule has 0 saturated carbocycles. The Bertz CT molecular complexity index is 904. The van der Waals surface area contributed by atoms with Crippen molar-refractivity contribution in [2.45, 2.75) is 29.0 Å². The van der Waals surface area contributed by atoms with E-state index in [2.05, 4.69) is 9.44 Å². The van der Waals surface area contributed by atoms with Crippen molar-refractivity contribution < 1.29 is 21.6 Å². The Morgan fingerprint density at radius 1 is 1.08 bits per heavy atom. The van der Waals surface area contributed by atoms with Crippen molar-refractivity contribution in [3.8, 4) is 5.75 Å². The lowest BCUT2D eigenvalue weighted by Gasteiger charge is -2.14. The van der Waals surface area contributed by atoms with Gasteiger partial charge in [-0.1, -0.05) is 6.07 Å². The SMILES string of the molecule is COc1ccc(S(=O)(=O)NC(C)C)cc1NS(=O)(=O)c1cccs1. The molecule has 0 bridgehead atoms. The van der Waals surface area contributed by atoms with Crippen LogP contribution >= 0.6 is 11.3 Å². The second kappa shape index (κ2) is 7.09. The van der Waals surface area contributed by atoms with E-state index in [1.165, 1.54) is 31.4 Å². The van der Waals surface area contributed by atoms with E-state index < -0.39 is 20.0 Å². The summed E-state index contributed by atoms with van der Waals surface area (Å²) in [6.07, 6.45) is 0. The summed E-state index contributed by atoms with van der Waals surface area (Å²) in [4.78, 5) is -0.0547. The van der Waals surface area contributed by atoms with Crippen molar-refractivity contribution in [3.63, 3.8) is 0 Å². The van der Waals surface area contributed by atoms with Gasteiger partial charge in [0.2, 0.25) is 10.0 Å². The molecule has 2 rings (SSSR count). The highest BCUT2D eigenvalue weighted by atomic mass is 32.2. The van der Waals surface area contributed by atoms with E-state index in [4.69, 9.17) is 4.74 Å². The average molecular weight is 391 g/mol. The van der Waals surface area contributed by atoms with Crippen LogP contribution < -0.4 is 14.2 Å². The standard InChI is InChI=1S/C14H18N2O5S3/c1-10(2)15-23(17,18)11-6-7-13(21-3)12(9-11)16-24(19,20)14-5-4-8-22-14/h4-10,15-16H,1-3H3. The first-order valence-electron chi connectivity index (χ1n) is 6.92. The van der Waals surface area contributed by atoms with E-state index in [1.54, 1.807) is 25.3 Å². The van der Waals surface area contributed by atoms with Gasteiger partial charge in [0.05, 0.1) is 17.7 Å². The number of rotatable bonds is 7. The number of thiophene rings is 1.